The number of hydrogen-bond acceptors (Lipinski definition) is 7. The first-order chi connectivity index (χ1) is 16.4. The van der Waals surface area contributed by atoms with E-state index in [2.05, 4.69) is 15.4 Å². The van der Waals surface area contributed by atoms with Crippen LogP contribution in [0.4, 0.5) is 0 Å². The summed E-state index contributed by atoms with van der Waals surface area (Å²) < 4.78 is 14.6. The third-order valence-electron chi connectivity index (χ3n) is 5.66. The number of nitrogens with zero attached hydrogens (tertiary/aromatic N) is 5. The molecule has 0 aliphatic heterocycles. The minimum atomic E-state index is 0.00761. The fourth-order valence-corrected chi connectivity index (χ4v) is 4.86. The fourth-order valence-electron chi connectivity index (χ4n) is 4.03. The summed E-state index contributed by atoms with van der Waals surface area (Å²) in [5.74, 6) is 3.04. The van der Waals surface area contributed by atoms with Crippen LogP contribution in [-0.4, -0.2) is 36.0 Å². The van der Waals surface area contributed by atoms with Crippen LogP contribution in [0.5, 0.6) is 0 Å². The van der Waals surface area contributed by atoms with Crippen LogP contribution in [0, 0.1) is 27.7 Å². The Morgan fingerprint density at radius 2 is 1.79 bits per heavy atom. The summed E-state index contributed by atoms with van der Waals surface area (Å²) in [6.07, 6.45) is 1.64. The maximum atomic E-state index is 13.2. The number of aromatic nitrogens is 5. The van der Waals surface area contributed by atoms with Crippen molar-refractivity contribution in [3.8, 4) is 22.9 Å². The zero-order valence-corrected chi connectivity index (χ0v) is 20.1. The van der Waals surface area contributed by atoms with Crippen molar-refractivity contribution in [2.45, 2.75) is 32.9 Å². The van der Waals surface area contributed by atoms with Crippen molar-refractivity contribution in [3.05, 3.63) is 83.3 Å². The number of carbonyl (C=O) groups excluding carboxylic acids is 1. The molecule has 0 aliphatic rings. The Balaban J connectivity index is 1.45. The van der Waals surface area contributed by atoms with Gasteiger partial charge in [0.1, 0.15) is 11.5 Å². The van der Waals surface area contributed by atoms with E-state index < -0.39 is 0 Å². The van der Waals surface area contributed by atoms with Crippen LogP contribution < -0.4 is 0 Å². The third-order valence-corrected chi connectivity index (χ3v) is 6.58. The van der Waals surface area contributed by atoms with Gasteiger partial charge >= 0.3 is 0 Å². The summed E-state index contributed by atoms with van der Waals surface area (Å²) in [5.41, 5.74) is 4.18. The molecular formula is C25H23N5O3S. The Kier molecular flexibility index (Phi) is 5.70. The second kappa shape index (κ2) is 8.83. The van der Waals surface area contributed by atoms with Crippen LogP contribution >= 0.6 is 11.8 Å². The van der Waals surface area contributed by atoms with Crippen molar-refractivity contribution in [3.63, 3.8) is 0 Å². The Bertz CT molecular complexity index is 1480. The Morgan fingerprint density at radius 3 is 2.47 bits per heavy atom. The molecule has 9 heteroatoms. The number of hydrogen-bond donors (Lipinski definition) is 0. The molecule has 8 nitrogen and oxygen atoms in total. The van der Waals surface area contributed by atoms with Gasteiger partial charge in [0.25, 0.3) is 0 Å². The lowest BCUT2D eigenvalue weighted by atomic mass is 10.2. The number of rotatable bonds is 7. The normalized spacial score (nSPS) is 11.3. The van der Waals surface area contributed by atoms with E-state index in [1.54, 1.807) is 6.26 Å². The van der Waals surface area contributed by atoms with E-state index in [-0.39, 0.29) is 11.5 Å². The van der Waals surface area contributed by atoms with Gasteiger partial charge in [-0.05, 0) is 52.0 Å². The first-order valence-corrected chi connectivity index (χ1v) is 11.8. The van der Waals surface area contributed by atoms with E-state index >= 15 is 0 Å². The summed E-state index contributed by atoms with van der Waals surface area (Å²) in [6, 6.07) is 15.5. The molecule has 4 aromatic heterocycles. The van der Waals surface area contributed by atoms with Crippen LogP contribution in [0.15, 0.2) is 68.9 Å². The smallest absolute Gasteiger partial charge is 0.196 e. The van der Waals surface area contributed by atoms with Gasteiger partial charge in [-0.1, -0.05) is 35.1 Å². The number of para-hydroxylation sites is 1. The quantitative estimate of drug-likeness (QED) is 0.227. The van der Waals surface area contributed by atoms with Gasteiger partial charge < -0.3 is 8.94 Å². The average Bonchev–Trinajstić information content (AvgIpc) is 3.60. The van der Waals surface area contributed by atoms with E-state index in [1.165, 1.54) is 11.8 Å². The predicted octanol–water partition coefficient (Wildman–Crippen LogP) is 5.51. The second-order valence-corrected chi connectivity index (χ2v) is 8.94. The number of furan rings is 1. The topological polar surface area (TPSA) is 91.9 Å². The molecule has 0 N–H and O–H groups in total. The summed E-state index contributed by atoms with van der Waals surface area (Å²) in [4.78, 5) is 13.2. The highest BCUT2D eigenvalue weighted by molar-refractivity contribution is 7.99. The van der Waals surface area contributed by atoms with Gasteiger partial charge in [-0.25, -0.2) is 0 Å². The summed E-state index contributed by atoms with van der Waals surface area (Å²) in [7, 11) is 0. The minimum absolute atomic E-state index is 0.00761. The summed E-state index contributed by atoms with van der Waals surface area (Å²) in [6.45, 7) is 7.60. The maximum absolute atomic E-state index is 13.2. The van der Waals surface area contributed by atoms with Gasteiger partial charge in [-0.2, -0.15) is 0 Å². The second-order valence-electron chi connectivity index (χ2n) is 8.00. The molecule has 0 saturated heterocycles. The molecule has 0 spiro atoms. The van der Waals surface area contributed by atoms with Crippen LogP contribution in [0.1, 0.15) is 33.3 Å². The monoisotopic (exact) mass is 473 g/mol. The van der Waals surface area contributed by atoms with Crippen molar-refractivity contribution in [2.24, 2.45) is 0 Å². The maximum Gasteiger partial charge on any atom is 0.196 e. The predicted molar refractivity (Wildman–Crippen MR) is 129 cm³/mol. The molecule has 0 unspecified atom stereocenters. The molecule has 0 aliphatic carbocycles. The van der Waals surface area contributed by atoms with Gasteiger partial charge in [0.2, 0.25) is 0 Å². The fraction of sp³-hybridized carbons (Fsp3) is 0.200. The zero-order chi connectivity index (χ0) is 23.8. The molecule has 4 heterocycles. The molecule has 5 aromatic rings. The molecule has 34 heavy (non-hydrogen) atoms. The van der Waals surface area contributed by atoms with E-state index in [4.69, 9.17) is 8.94 Å². The highest BCUT2D eigenvalue weighted by Gasteiger charge is 2.22. The Hall–Kier alpha value is -3.85. The first-order valence-electron chi connectivity index (χ1n) is 10.8. The standard InChI is InChI=1S/C25H23N5O3S/c1-15-12-21(17(3)29(15)23-13-16(2)33-28-23)22(31)14-34-25-27-26-24(20-10-11-32-18(20)4)30(25)19-8-6-5-7-9-19/h5-13H,14H2,1-4H3. The van der Waals surface area contributed by atoms with Crippen LogP contribution in [0.3, 0.4) is 0 Å². The SMILES string of the molecule is Cc1cc(-n2c(C)cc(C(=O)CSc3nnc(-c4ccoc4C)n3-c3ccccc3)c2C)no1. The largest absolute Gasteiger partial charge is 0.469 e. The molecule has 0 amide bonds. The van der Waals surface area contributed by atoms with Gasteiger partial charge in [0, 0.05) is 28.7 Å². The molecule has 0 atom stereocenters. The number of aryl methyl sites for hydroxylation is 3. The lowest BCUT2D eigenvalue weighted by molar-refractivity contribution is 0.102. The van der Waals surface area contributed by atoms with E-state index in [0.717, 1.165) is 34.2 Å². The minimum Gasteiger partial charge on any atom is -0.469 e. The summed E-state index contributed by atoms with van der Waals surface area (Å²) >= 11 is 1.36. The lowest BCUT2D eigenvalue weighted by Crippen LogP contribution is -2.07. The van der Waals surface area contributed by atoms with Gasteiger partial charge in [0.05, 0.1) is 17.6 Å². The number of benzene rings is 1. The van der Waals surface area contributed by atoms with Gasteiger partial charge in [-0.15, -0.1) is 10.2 Å². The van der Waals surface area contributed by atoms with Crippen LogP contribution in [-0.2, 0) is 0 Å². The number of carbonyl (C=O) groups is 1. The number of Topliss-reactive ketones (excluding diaryl/α,β-unsaturated/α-hetero) is 1. The molecular weight excluding hydrogens is 450 g/mol. The molecule has 172 valence electrons. The molecule has 0 fully saturated rings. The highest BCUT2D eigenvalue weighted by atomic mass is 32.2. The molecule has 0 saturated carbocycles. The Morgan fingerprint density at radius 1 is 1.00 bits per heavy atom. The lowest BCUT2D eigenvalue weighted by Gasteiger charge is -2.10. The molecule has 1 aromatic carbocycles. The number of thioether (sulfide) groups is 1. The van der Waals surface area contributed by atoms with Crippen molar-refractivity contribution in [1.29, 1.82) is 0 Å². The summed E-state index contributed by atoms with van der Waals surface area (Å²) in [5, 5.41) is 13.6. The van der Waals surface area contributed by atoms with Gasteiger partial charge in [0.15, 0.2) is 22.6 Å². The van der Waals surface area contributed by atoms with Crippen molar-refractivity contribution in [2.75, 3.05) is 5.75 Å². The van der Waals surface area contributed by atoms with E-state index in [9.17, 15) is 4.79 Å². The Labute approximate surface area is 200 Å². The van der Waals surface area contributed by atoms with Crippen molar-refractivity contribution < 1.29 is 13.7 Å². The average molecular weight is 474 g/mol. The first kappa shape index (κ1) is 22.0. The molecule has 0 bridgehead atoms. The van der Waals surface area contributed by atoms with Crippen LogP contribution in [0.2, 0.25) is 0 Å². The van der Waals surface area contributed by atoms with Crippen molar-refractivity contribution >= 4 is 17.5 Å². The molecule has 5 rings (SSSR count). The third kappa shape index (κ3) is 3.88. The van der Waals surface area contributed by atoms with Crippen molar-refractivity contribution in [1.82, 2.24) is 24.5 Å². The molecule has 0 radical (unpaired) electrons. The zero-order valence-electron chi connectivity index (χ0n) is 19.3. The van der Waals surface area contributed by atoms with Crippen LogP contribution in [0.25, 0.3) is 22.9 Å². The van der Waals surface area contributed by atoms with Gasteiger partial charge in [-0.3, -0.25) is 13.9 Å². The van der Waals surface area contributed by atoms with E-state index in [1.807, 2.05) is 85.4 Å². The van der Waals surface area contributed by atoms with E-state index in [0.29, 0.717) is 22.4 Å². The number of ketones is 1. The highest BCUT2D eigenvalue weighted by Crippen LogP contribution is 2.31.